The number of aromatic nitrogens is 1. The SMILES string of the molecule is C=C(Nc1ccc(C(=O)OC)cn1)c1cc(CS(=O)(=O)c2ccccc2F)cc(OC(C)C)c1. The fraction of sp³-hybridized carbons (Fsp3) is 0.200. The molecule has 2 aromatic carbocycles. The molecule has 0 saturated carbocycles. The van der Waals surface area contributed by atoms with Crippen LogP contribution in [-0.2, 0) is 20.3 Å². The van der Waals surface area contributed by atoms with Crippen molar-refractivity contribution in [1.82, 2.24) is 4.98 Å². The van der Waals surface area contributed by atoms with Gasteiger partial charge in [0, 0.05) is 17.5 Å². The highest BCUT2D eigenvalue weighted by Gasteiger charge is 2.20. The maximum Gasteiger partial charge on any atom is 0.339 e. The van der Waals surface area contributed by atoms with E-state index in [4.69, 9.17) is 4.74 Å². The molecule has 0 atom stereocenters. The summed E-state index contributed by atoms with van der Waals surface area (Å²) in [5, 5.41) is 3.03. The van der Waals surface area contributed by atoms with Crippen molar-refractivity contribution in [3.8, 4) is 5.75 Å². The molecular weight excluding hydrogens is 459 g/mol. The Morgan fingerprint density at radius 3 is 2.47 bits per heavy atom. The maximum atomic E-state index is 14.1. The third-order valence-electron chi connectivity index (χ3n) is 4.68. The highest BCUT2D eigenvalue weighted by atomic mass is 32.2. The Balaban J connectivity index is 1.90. The zero-order valence-electron chi connectivity index (χ0n) is 19.0. The first-order valence-electron chi connectivity index (χ1n) is 10.4. The van der Waals surface area contributed by atoms with Gasteiger partial charge in [0.1, 0.15) is 22.3 Å². The standard InChI is InChI=1S/C25H25FN2O5S/c1-16(2)33-21-12-18(15-34(30,31)23-8-6-5-7-22(23)26)11-20(13-21)17(3)28-24-10-9-19(14-27-24)25(29)32-4/h5-14,16H,3,15H2,1-2,4H3,(H,27,28). The van der Waals surface area contributed by atoms with Crippen molar-refractivity contribution in [1.29, 1.82) is 0 Å². The fourth-order valence-corrected chi connectivity index (χ4v) is 4.60. The summed E-state index contributed by atoms with van der Waals surface area (Å²) in [6, 6.07) is 13.4. The number of sulfone groups is 1. The van der Waals surface area contributed by atoms with Crippen LogP contribution in [0, 0.1) is 5.82 Å². The Morgan fingerprint density at radius 1 is 1.12 bits per heavy atom. The van der Waals surface area contributed by atoms with Crippen molar-refractivity contribution in [2.45, 2.75) is 30.6 Å². The largest absolute Gasteiger partial charge is 0.491 e. The van der Waals surface area contributed by atoms with E-state index >= 15 is 0 Å². The predicted octanol–water partition coefficient (Wildman–Crippen LogP) is 4.85. The van der Waals surface area contributed by atoms with Crippen molar-refractivity contribution in [3.05, 3.63) is 89.9 Å². The van der Waals surface area contributed by atoms with Crippen LogP contribution in [0.2, 0.25) is 0 Å². The minimum absolute atomic E-state index is 0.153. The predicted molar refractivity (Wildman–Crippen MR) is 128 cm³/mol. The van der Waals surface area contributed by atoms with Gasteiger partial charge in [-0.25, -0.2) is 22.6 Å². The first-order valence-corrected chi connectivity index (χ1v) is 12.0. The second-order valence-corrected chi connectivity index (χ2v) is 9.71. The molecule has 34 heavy (non-hydrogen) atoms. The van der Waals surface area contributed by atoms with Crippen LogP contribution < -0.4 is 10.1 Å². The number of hydrogen-bond acceptors (Lipinski definition) is 7. The van der Waals surface area contributed by atoms with Crippen LogP contribution in [0.4, 0.5) is 10.2 Å². The molecule has 0 spiro atoms. The number of halogens is 1. The molecule has 0 saturated heterocycles. The molecule has 0 fully saturated rings. The molecule has 0 aliphatic carbocycles. The van der Waals surface area contributed by atoms with Crippen molar-refractivity contribution in [2.24, 2.45) is 0 Å². The van der Waals surface area contributed by atoms with E-state index in [1.807, 2.05) is 13.8 Å². The molecule has 3 rings (SSSR count). The molecule has 0 radical (unpaired) electrons. The average Bonchev–Trinajstić information content (AvgIpc) is 2.78. The number of esters is 1. The van der Waals surface area contributed by atoms with Crippen LogP contribution in [-0.4, -0.2) is 32.6 Å². The zero-order valence-corrected chi connectivity index (χ0v) is 19.9. The van der Waals surface area contributed by atoms with Gasteiger partial charge in [0.05, 0.1) is 24.5 Å². The van der Waals surface area contributed by atoms with Gasteiger partial charge in [-0.05, 0) is 61.9 Å². The summed E-state index contributed by atoms with van der Waals surface area (Å²) in [7, 11) is -2.66. The van der Waals surface area contributed by atoms with E-state index < -0.39 is 27.4 Å². The number of nitrogens with one attached hydrogen (secondary N) is 1. The molecule has 0 amide bonds. The number of pyridine rings is 1. The number of ether oxygens (including phenoxy) is 2. The van der Waals surface area contributed by atoms with Gasteiger partial charge in [0.25, 0.3) is 0 Å². The number of carbonyl (C=O) groups is 1. The van der Waals surface area contributed by atoms with Gasteiger partial charge in [-0.15, -0.1) is 0 Å². The number of hydrogen-bond donors (Lipinski definition) is 1. The summed E-state index contributed by atoms with van der Waals surface area (Å²) in [6.45, 7) is 7.72. The van der Waals surface area contributed by atoms with E-state index in [0.717, 1.165) is 6.07 Å². The number of nitrogens with zero attached hydrogens (tertiary/aromatic N) is 1. The van der Waals surface area contributed by atoms with Crippen LogP contribution in [0.1, 0.15) is 35.3 Å². The van der Waals surface area contributed by atoms with E-state index in [0.29, 0.717) is 34.0 Å². The Labute approximate surface area is 198 Å². The highest BCUT2D eigenvalue weighted by Crippen LogP contribution is 2.27. The lowest BCUT2D eigenvalue weighted by Gasteiger charge is -2.16. The van der Waals surface area contributed by atoms with Gasteiger partial charge in [0.15, 0.2) is 9.84 Å². The third kappa shape index (κ3) is 6.20. The lowest BCUT2D eigenvalue weighted by atomic mass is 10.1. The number of anilines is 1. The second-order valence-electron chi connectivity index (χ2n) is 7.75. The molecule has 0 aliphatic rings. The monoisotopic (exact) mass is 484 g/mol. The van der Waals surface area contributed by atoms with E-state index in [-0.39, 0.29) is 11.0 Å². The van der Waals surface area contributed by atoms with Crippen molar-refractivity contribution < 1.29 is 27.1 Å². The molecule has 1 aromatic heterocycles. The molecule has 0 unspecified atom stereocenters. The Morgan fingerprint density at radius 2 is 1.85 bits per heavy atom. The van der Waals surface area contributed by atoms with Gasteiger partial charge < -0.3 is 14.8 Å². The minimum Gasteiger partial charge on any atom is -0.491 e. The maximum absolute atomic E-state index is 14.1. The lowest BCUT2D eigenvalue weighted by molar-refractivity contribution is 0.0600. The van der Waals surface area contributed by atoms with E-state index in [9.17, 15) is 17.6 Å². The van der Waals surface area contributed by atoms with Crippen LogP contribution in [0.25, 0.3) is 5.70 Å². The summed E-state index contributed by atoms with van der Waals surface area (Å²) in [6.07, 6.45) is 1.21. The van der Waals surface area contributed by atoms with Crippen LogP contribution in [0.5, 0.6) is 5.75 Å². The molecule has 0 bridgehead atoms. The smallest absolute Gasteiger partial charge is 0.339 e. The van der Waals surface area contributed by atoms with Gasteiger partial charge in [0.2, 0.25) is 0 Å². The molecule has 9 heteroatoms. The molecule has 0 aliphatic heterocycles. The van der Waals surface area contributed by atoms with E-state index in [1.54, 1.807) is 30.3 Å². The highest BCUT2D eigenvalue weighted by molar-refractivity contribution is 7.90. The summed E-state index contributed by atoms with van der Waals surface area (Å²) in [4.78, 5) is 15.4. The van der Waals surface area contributed by atoms with Gasteiger partial charge in [-0.3, -0.25) is 0 Å². The lowest BCUT2D eigenvalue weighted by Crippen LogP contribution is -2.10. The normalized spacial score (nSPS) is 11.2. The Kier molecular flexibility index (Phi) is 7.68. The first kappa shape index (κ1) is 24.9. The summed E-state index contributed by atoms with van der Waals surface area (Å²) in [5.74, 6) is -0.853. The quantitative estimate of drug-likeness (QED) is 0.434. The van der Waals surface area contributed by atoms with Crippen LogP contribution in [0.15, 0.2) is 72.3 Å². The fourth-order valence-electron chi connectivity index (χ4n) is 3.19. The minimum atomic E-state index is -3.94. The number of rotatable bonds is 9. The molecule has 7 nitrogen and oxygen atoms in total. The van der Waals surface area contributed by atoms with Crippen LogP contribution >= 0.6 is 0 Å². The second kappa shape index (κ2) is 10.5. The van der Waals surface area contributed by atoms with Crippen LogP contribution in [0.3, 0.4) is 0 Å². The van der Waals surface area contributed by atoms with Crippen molar-refractivity contribution in [2.75, 3.05) is 12.4 Å². The summed E-state index contributed by atoms with van der Waals surface area (Å²) in [5.41, 5.74) is 1.70. The van der Waals surface area contributed by atoms with Gasteiger partial charge >= 0.3 is 5.97 Å². The van der Waals surface area contributed by atoms with Crippen molar-refractivity contribution in [3.63, 3.8) is 0 Å². The molecule has 3 aromatic rings. The van der Waals surface area contributed by atoms with Gasteiger partial charge in [-0.2, -0.15) is 0 Å². The van der Waals surface area contributed by atoms with Gasteiger partial charge in [-0.1, -0.05) is 18.7 Å². The Bertz CT molecular complexity index is 1310. The number of methoxy groups -OCH3 is 1. The first-order chi connectivity index (χ1) is 16.1. The average molecular weight is 485 g/mol. The number of benzene rings is 2. The van der Waals surface area contributed by atoms with Crippen molar-refractivity contribution >= 4 is 27.3 Å². The summed E-state index contributed by atoms with van der Waals surface area (Å²) < 4.78 is 50.3. The number of carbonyl (C=O) groups excluding carboxylic acids is 1. The molecular formula is C25H25FN2O5S. The topological polar surface area (TPSA) is 94.6 Å². The molecule has 1 heterocycles. The summed E-state index contributed by atoms with van der Waals surface area (Å²) >= 11 is 0. The van der Waals surface area contributed by atoms with E-state index in [2.05, 4.69) is 21.6 Å². The zero-order chi connectivity index (χ0) is 24.9. The Hall–Kier alpha value is -3.72. The molecule has 178 valence electrons. The third-order valence-corrected chi connectivity index (χ3v) is 6.39. The molecule has 1 N–H and O–H groups in total. The van der Waals surface area contributed by atoms with E-state index in [1.165, 1.54) is 31.5 Å².